The summed E-state index contributed by atoms with van der Waals surface area (Å²) in [4.78, 5) is 13.8. The summed E-state index contributed by atoms with van der Waals surface area (Å²) in [6.45, 7) is 15.8. The second-order valence-corrected chi connectivity index (χ2v) is 11.8. The lowest BCUT2D eigenvalue weighted by molar-refractivity contribution is -0.136. The lowest BCUT2D eigenvalue weighted by Gasteiger charge is -2.48. The third kappa shape index (κ3) is 4.60. The summed E-state index contributed by atoms with van der Waals surface area (Å²) in [5.41, 5.74) is 2.12. The lowest BCUT2D eigenvalue weighted by Crippen LogP contribution is -2.47. The normalized spacial score (nSPS) is 39.4. The second-order valence-electron chi connectivity index (χ2n) is 11.8. The van der Waals surface area contributed by atoms with Gasteiger partial charge in [-0.25, -0.2) is 0 Å². The first-order valence-corrected chi connectivity index (χ1v) is 12.7. The fourth-order valence-electron chi connectivity index (χ4n) is 7.32. The van der Waals surface area contributed by atoms with Crippen molar-refractivity contribution in [3.05, 3.63) is 23.8 Å². The van der Waals surface area contributed by atoms with Gasteiger partial charge in [-0.05, 0) is 93.8 Å². The highest BCUT2D eigenvalue weighted by Gasteiger charge is 2.55. The van der Waals surface area contributed by atoms with Gasteiger partial charge in [0.2, 0.25) is 0 Å². The molecule has 2 N–H and O–H groups in total. The van der Waals surface area contributed by atoms with Gasteiger partial charge in [-0.2, -0.15) is 0 Å². The Hall–Kier alpha value is -0.930. The first-order valence-electron chi connectivity index (χ1n) is 12.7. The second kappa shape index (κ2) is 9.51. The van der Waals surface area contributed by atoms with Crippen molar-refractivity contribution in [2.45, 2.75) is 98.5 Å². The molecule has 3 nitrogen and oxygen atoms in total. The summed E-state index contributed by atoms with van der Waals surface area (Å²) in [7, 11) is 0. The van der Waals surface area contributed by atoms with Crippen LogP contribution in [0, 0.1) is 40.4 Å². The van der Waals surface area contributed by atoms with Gasteiger partial charge in [0.1, 0.15) is 5.78 Å². The molecule has 31 heavy (non-hydrogen) atoms. The molecule has 2 saturated carbocycles. The Morgan fingerprint density at radius 1 is 1.23 bits per heavy atom. The van der Waals surface area contributed by atoms with E-state index in [0.29, 0.717) is 35.9 Å². The van der Waals surface area contributed by atoms with Crippen molar-refractivity contribution in [1.29, 1.82) is 0 Å². The van der Waals surface area contributed by atoms with Crippen molar-refractivity contribution in [2.24, 2.45) is 40.4 Å². The predicted molar refractivity (Wildman–Crippen MR) is 128 cm³/mol. The Bertz CT molecular complexity index is 707. The van der Waals surface area contributed by atoms with Crippen molar-refractivity contribution < 1.29 is 15.0 Å². The maximum atomic E-state index is 13.8. The molecule has 3 heteroatoms. The average molecular weight is 431 g/mol. The third-order valence-electron chi connectivity index (χ3n) is 9.68. The van der Waals surface area contributed by atoms with Crippen molar-refractivity contribution in [2.75, 3.05) is 6.61 Å². The summed E-state index contributed by atoms with van der Waals surface area (Å²) in [5.74, 6) is 2.46. The van der Waals surface area contributed by atoms with Crippen LogP contribution in [0.15, 0.2) is 23.8 Å². The number of aliphatic hydroxyl groups is 2. The maximum absolute atomic E-state index is 13.8. The Morgan fingerprint density at radius 2 is 1.94 bits per heavy atom. The van der Waals surface area contributed by atoms with E-state index in [9.17, 15) is 15.0 Å². The number of fused-ring (bicyclic) bond motifs is 1. The fourth-order valence-corrected chi connectivity index (χ4v) is 7.32. The number of hydrogen-bond donors (Lipinski definition) is 2. The Labute approximate surface area is 190 Å². The smallest absolute Gasteiger partial charge is 0.146 e. The first kappa shape index (κ1) is 24.7. The van der Waals surface area contributed by atoms with E-state index >= 15 is 0 Å². The number of ketones is 1. The molecule has 0 spiro atoms. The molecule has 0 aromatic carbocycles. The third-order valence-corrected chi connectivity index (χ3v) is 9.68. The molecule has 0 unspecified atom stereocenters. The van der Waals surface area contributed by atoms with E-state index in [2.05, 4.69) is 47.3 Å². The van der Waals surface area contributed by atoms with Crippen LogP contribution in [0.5, 0.6) is 0 Å². The minimum absolute atomic E-state index is 0.00351. The number of carbonyl (C=O) groups is 1. The molecule has 3 aliphatic rings. The molecule has 3 aliphatic carbocycles. The number of allylic oxidation sites excluding steroid dienone is 2. The minimum Gasteiger partial charge on any atom is -0.396 e. The Balaban J connectivity index is 1.80. The topological polar surface area (TPSA) is 57.5 Å². The largest absolute Gasteiger partial charge is 0.396 e. The van der Waals surface area contributed by atoms with Crippen LogP contribution in [0.3, 0.4) is 0 Å². The van der Waals surface area contributed by atoms with Crippen LogP contribution in [0.4, 0.5) is 0 Å². The van der Waals surface area contributed by atoms with Crippen molar-refractivity contribution in [1.82, 2.24) is 0 Å². The van der Waals surface area contributed by atoms with E-state index in [1.54, 1.807) is 0 Å². The molecule has 0 heterocycles. The lowest BCUT2D eigenvalue weighted by atomic mass is 9.56. The van der Waals surface area contributed by atoms with E-state index < -0.39 is 0 Å². The molecule has 2 fully saturated rings. The summed E-state index contributed by atoms with van der Waals surface area (Å²) >= 11 is 0. The summed E-state index contributed by atoms with van der Waals surface area (Å²) in [6, 6.07) is 0. The van der Waals surface area contributed by atoms with E-state index in [1.165, 1.54) is 11.1 Å². The van der Waals surface area contributed by atoms with E-state index in [4.69, 9.17) is 0 Å². The minimum atomic E-state index is -0.388. The van der Waals surface area contributed by atoms with Gasteiger partial charge in [0, 0.05) is 17.9 Å². The van der Waals surface area contributed by atoms with Gasteiger partial charge in [-0.15, -0.1) is 0 Å². The van der Waals surface area contributed by atoms with Crippen LogP contribution in [-0.4, -0.2) is 28.7 Å². The highest BCUT2D eigenvalue weighted by Crippen LogP contribution is 2.59. The number of Topliss-reactive ketones (excluding diaryl/α,β-unsaturated/α-hetero) is 1. The highest BCUT2D eigenvalue weighted by molar-refractivity contribution is 5.91. The highest BCUT2D eigenvalue weighted by atomic mass is 16.3. The van der Waals surface area contributed by atoms with Gasteiger partial charge in [0.25, 0.3) is 0 Å². The number of rotatable bonds is 8. The zero-order chi connectivity index (χ0) is 23.0. The van der Waals surface area contributed by atoms with Gasteiger partial charge in [-0.3, -0.25) is 4.79 Å². The van der Waals surface area contributed by atoms with Crippen LogP contribution in [-0.2, 0) is 4.79 Å². The standard InChI is InChI=1S/C28H46O3/c1-18(2)19(3)7-8-20(4)24-11-12-25(28(24,6)15-16-29)23-10-9-21-17-22(30)13-14-27(21,5)26(23)31/h9,18,20,22-25,29-30H,3,7-8,10-17H2,1-2,4-6H3/t20-,22+,23-,24-,25+,27+,28-/m1/s1. The monoisotopic (exact) mass is 430 g/mol. The van der Waals surface area contributed by atoms with Gasteiger partial charge in [0.05, 0.1) is 6.10 Å². The average Bonchev–Trinajstić information content (AvgIpc) is 3.04. The quantitative estimate of drug-likeness (QED) is 0.458. The van der Waals surface area contributed by atoms with Crippen LogP contribution in [0.2, 0.25) is 0 Å². The van der Waals surface area contributed by atoms with Crippen LogP contribution in [0.25, 0.3) is 0 Å². The number of carbonyl (C=O) groups excluding carboxylic acids is 1. The molecule has 7 atom stereocenters. The molecule has 0 bridgehead atoms. The zero-order valence-electron chi connectivity index (χ0n) is 20.6. The molecule has 0 aromatic rings. The molecular weight excluding hydrogens is 384 g/mol. The maximum Gasteiger partial charge on any atom is 0.146 e. The molecule has 0 saturated heterocycles. The zero-order valence-corrected chi connectivity index (χ0v) is 20.6. The SMILES string of the molecule is C=C(CC[C@@H](C)[C@H]1CC[C@@H]([C@H]2CC=C3C[C@@H](O)CC[C@]3(C)C2=O)[C@]1(C)CCO)C(C)C. The molecule has 176 valence electrons. The predicted octanol–water partition coefficient (Wildman–Crippen LogP) is 6.10. The van der Waals surface area contributed by atoms with E-state index in [1.807, 2.05) is 0 Å². The number of aliphatic hydroxyl groups excluding tert-OH is 2. The molecular formula is C28H46O3. The van der Waals surface area contributed by atoms with Gasteiger partial charge in [0.15, 0.2) is 0 Å². The molecule has 0 radical (unpaired) electrons. The van der Waals surface area contributed by atoms with Gasteiger partial charge in [-0.1, -0.05) is 51.5 Å². The van der Waals surface area contributed by atoms with E-state index in [-0.39, 0.29) is 29.5 Å². The molecule has 0 amide bonds. The summed E-state index contributed by atoms with van der Waals surface area (Å²) in [5, 5.41) is 20.1. The molecule has 0 aliphatic heterocycles. The molecule has 3 rings (SSSR count). The van der Waals surface area contributed by atoms with Crippen molar-refractivity contribution >= 4 is 5.78 Å². The van der Waals surface area contributed by atoms with Crippen LogP contribution in [0.1, 0.15) is 92.4 Å². The summed E-state index contributed by atoms with van der Waals surface area (Å²) in [6.07, 6.45) is 10.2. The van der Waals surface area contributed by atoms with Gasteiger partial charge < -0.3 is 10.2 Å². The number of hydrogen-bond acceptors (Lipinski definition) is 3. The van der Waals surface area contributed by atoms with Crippen LogP contribution < -0.4 is 0 Å². The first-order chi connectivity index (χ1) is 14.5. The molecule has 0 aromatic heterocycles. The Morgan fingerprint density at radius 3 is 2.58 bits per heavy atom. The van der Waals surface area contributed by atoms with Gasteiger partial charge >= 0.3 is 0 Å². The Kier molecular flexibility index (Phi) is 7.58. The summed E-state index contributed by atoms with van der Waals surface area (Å²) < 4.78 is 0. The van der Waals surface area contributed by atoms with E-state index in [0.717, 1.165) is 51.4 Å². The van der Waals surface area contributed by atoms with Crippen LogP contribution >= 0.6 is 0 Å². The fraction of sp³-hybridized carbons (Fsp3) is 0.821. The van der Waals surface area contributed by atoms with Crippen molar-refractivity contribution in [3.8, 4) is 0 Å². The van der Waals surface area contributed by atoms with Crippen molar-refractivity contribution in [3.63, 3.8) is 0 Å².